The van der Waals surface area contributed by atoms with Crippen molar-refractivity contribution < 1.29 is 14.3 Å². The largest absolute Gasteiger partial charge is 0.492 e. The van der Waals surface area contributed by atoms with Gasteiger partial charge in [0.1, 0.15) is 18.3 Å². The summed E-state index contributed by atoms with van der Waals surface area (Å²) in [7, 11) is 1.41. The smallest absolute Gasteiger partial charge is 0.316 e. The maximum absolute atomic E-state index is 11.7. The maximum atomic E-state index is 11.7. The van der Waals surface area contributed by atoms with Gasteiger partial charge in [0, 0.05) is 15.6 Å². The van der Waals surface area contributed by atoms with E-state index >= 15 is 0 Å². The van der Waals surface area contributed by atoms with Gasteiger partial charge in [-0.2, -0.15) is 0 Å². The Bertz CT molecular complexity index is 489. The molecule has 0 saturated heterocycles. The van der Waals surface area contributed by atoms with E-state index in [-0.39, 0.29) is 17.3 Å². The fourth-order valence-corrected chi connectivity index (χ4v) is 2.66. The number of methoxy groups -OCH3 is 1. The highest BCUT2D eigenvalue weighted by Crippen LogP contribution is 2.44. The lowest BCUT2D eigenvalue weighted by molar-refractivity contribution is -0.142. The van der Waals surface area contributed by atoms with Crippen molar-refractivity contribution in [1.82, 2.24) is 0 Å². The highest BCUT2D eigenvalue weighted by molar-refractivity contribution is 9.10. The van der Waals surface area contributed by atoms with Crippen molar-refractivity contribution >= 4 is 21.9 Å². The van der Waals surface area contributed by atoms with Crippen LogP contribution in [0.4, 0.5) is 0 Å². The third kappa shape index (κ3) is 2.26. The van der Waals surface area contributed by atoms with Crippen LogP contribution in [0.1, 0.15) is 37.8 Å². The molecule has 1 atom stereocenters. The monoisotopic (exact) mass is 312 g/mol. The average molecular weight is 313 g/mol. The van der Waals surface area contributed by atoms with E-state index in [0.29, 0.717) is 6.61 Å². The molecule has 18 heavy (non-hydrogen) atoms. The van der Waals surface area contributed by atoms with Crippen LogP contribution in [0.5, 0.6) is 5.75 Å². The predicted octanol–water partition coefficient (Wildman–Crippen LogP) is 3.40. The summed E-state index contributed by atoms with van der Waals surface area (Å²) in [5, 5.41) is 0. The van der Waals surface area contributed by atoms with E-state index in [1.807, 2.05) is 6.07 Å². The van der Waals surface area contributed by atoms with Crippen molar-refractivity contribution in [2.45, 2.75) is 32.1 Å². The molecule has 0 radical (unpaired) electrons. The summed E-state index contributed by atoms with van der Waals surface area (Å²) in [6.45, 7) is 6.75. The molecule has 1 aromatic rings. The first kappa shape index (κ1) is 13.4. The van der Waals surface area contributed by atoms with Crippen molar-refractivity contribution in [1.29, 1.82) is 0 Å². The number of hydrogen-bond acceptors (Lipinski definition) is 3. The number of fused-ring (bicyclic) bond motifs is 1. The Morgan fingerprint density at radius 1 is 1.44 bits per heavy atom. The van der Waals surface area contributed by atoms with Crippen LogP contribution in [0.2, 0.25) is 0 Å². The van der Waals surface area contributed by atoms with Crippen molar-refractivity contribution in [2.24, 2.45) is 0 Å². The quantitative estimate of drug-likeness (QED) is 0.746. The number of carbonyl (C=O) groups is 1. The lowest BCUT2D eigenvalue weighted by Crippen LogP contribution is -2.15. The summed E-state index contributed by atoms with van der Waals surface area (Å²) in [5.74, 6) is 0.274. The summed E-state index contributed by atoms with van der Waals surface area (Å²) in [6, 6.07) is 4.00. The van der Waals surface area contributed by atoms with Crippen LogP contribution >= 0.6 is 15.9 Å². The van der Waals surface area contributed by atoms with Gasteiger partial charge in [-0.3, -0.25) is 4.79 Å². The van der Waals surface area contributed by atoms with Crippen LogP contribution in [0.15, 0.2) is 16.6 Å². The SMILES string of the molecule is COC(=O)C1COc2c1cc(Br)cc2C(C)(C)C. The van der Waals surface area contributed by atoms with E-state index in [1.165, 1.54) is 7.11 Å². The van der Waals surface area contributed by atoms with E-state index in [0.717, 1.165) is 21.3 Å². The second-order valence-electron chi connectivity index (χ2n) is 5.51. The Morgan fingerprint density at radius 3 is 2.67 bits per heavy atom. The molecular weight excluding hydrogens is 296 g/mol. The molecule has 0 amide bonds. The highest BCUT2D eigenvalue weighted by Gasteiger charge is 2.35. The summed E-state index contributed by atoms with van der Waals surface area (Å²) >= 11 is 3.50. The average Bonchev–Trinajstić information content (AvgIpc) is 2.69. The molecule has 98 valence electrons. The predicted molar refractivity (Wildman–Crippen MR) is 73.1 cm³/mol. The van der Waals surface area contributed by atoms with E-state index in [9.17, 15) is 4.79 Å². The molecule has 1 aromatic carbocycles. The van der Waals surface area contributed by atoms with E-state index < -0.39 is 0 Å². The van der Waals surface area contributed by atoms with Crippen LogP contribution in [-0.2, 0) is 14.9 Å². The Kier molecular flexibility index (Phi) is 3.41. The second-order valence-corrected chi connectivity index (χ2v) is 6.42. The first-order valence-electron chi connectivity index (χ1n) is 5.89. The summed E-state index contributed by atoms with van der Waals surface area (Å²) in [5.41, 5.74) is 2.00. The summed E-state index contributed by atoms with van der Waals surface area (Å²) < 4.78 is 11.5. The molecule has 0 aromatic heterocycles. The van der Waals surface area contributed by atoms with Gasteiger partial charge >= 0.3 is 5.97 Å². The summed E-state index contributed by atoms with van der Waals surface area (Å²) in [6.07, 6.45) is 0. The van der Waals surface area contributed by atoms with Crippen LogP contribution in [-0.4, -0.2) is 19.7 Å². The maximum Gasteiger partial charge on any atom is 0.316 e. The van der Waals surface area contributed by atoms with Gasteiger partial charge in [-0.05, 0) is 17.5 Å². The molecule has 1 aliphatic heterocycles. The van der Waals surface area contributed by atoms with Gasteiger partial charge in [0.25, 0.3) is 0 Å². The zero-order valence-corrected chi connectivity index (χ0v) is 12.6. The lowest BCUT2D eigenvalue weighted by Gasteiger charge is -2.22. The third-order valence-electron chi connectivity index (χ3n) is 3.15. The lowest BCUT2D eigenvalue weighted by atomic mass is 9.84. The normalized spacial score (nSPS) is 18.2. The Labute approximate surface area is 116 Å². The van der Waals surface area contributed by atoms with Crippen LogP contribution in [0, 0.1) is 0 Å². The molecule has 1 aliphatic rings. The molecular formula is C14H17BrO3. The molecule has 1 unspecified atom stereocenters. The number of halogens is 1. The topological polar surface area (TPSA) is 35.5 Å². The Balaban J connectivity index is 2.55. The molecule has 0 spiro atoms. The molecule has 4 heteroatoms. The number of rotatable bonds is 1. The molecule has 0 fully saturated rings. The van der Waals surface area contributed by atoms with Gasteiger partial charge in [-0.15, -0.1) is 0 Å². The van der Waals surface area contributed by atoms with Crippen molar-refractivity contribution in [2.75, 3.05) is 13.7 Å². The van der Waals surface area contributed by atoms with Crippen molar-refractivity contribution in [3.05, 3.63) is 27.7 Å². The molecule has 0 aliphatic carbocycles. The zero-order chi connectivity index (χ0) is 13.5. The minimum Gasteiger partial charge on any atom is -0.492 e. The minimum absolute atomic E-state index is 0.0289. The van der Waals surface area contributed by atoms with Gasteiger partial charge in [0.2, 0.25) is 0 Å². The van der Waals surface area contributed by atoms with Gasteiger partial charge in [-0.25, -0.2) is 0 Å². The number of hydrogen-bond donors (Lipinski definition) is 0. The van der Waals surface area contributed by atoms with Gasteiger partial charge in [0.05, 0.1) is 7.11 Å². The number of esters is 1. The van der Waals surface area contributed by atoms with E-state index in [4.69, 9.17) is 9.47 Å². The third-order valence-corrected chi connectivity index (χ3v) is 3.60. The standard InChI is InChI=1S/C14H17BrO3/c1-14(2,3)11-6-8(15)5-9-10(13(16)17-4)7-18-12(9)11/h5-6,10H,7H2,1-4H3. The van der Waals surface area contributed by atoms with Gasteiger partial charge in [-0.1, -0.05) is 36.7 Å². The molecule has 0 N–H and O–H groups in total. The van der Waals surface area contributed by atoms with Crippen molar-refractivity contribution in [3.63, 3.8) is 0 Å². The number of carbonyl (C=O) groups excluding carboxylic acids is 1. The molecule has 0 bridgehead atoms. The first-order valence-corrected chi connectivity index (χ1v) is 6.68. The number of benzene rings is 1. The molecule has 0 saturated carbocycles. The number of ether oxygens (including phenoxy) is 2. The van der Waals surface area contributed by atoms with Crippen LogP contribution in [0.3, 0.4) is 0 Å². The molecule has 2 rings (SSSR count). The first-order chi connectivity index (χ1) is 8.34. The summed E-state index contributed by atoms with van der Waals surface area (Å²) in [4.78, 5) is 11.7. The van der Waals surface area contributed by atoms with Gasteiger partial charge in [0.15, 0.2) is 0 Å². The van der Waals surface area contributed by atoms with E-state index in [1.54, 1.807) is 0 Å². The zero-order valence-electron chi connectivity index (χ0n) is 11.0. The Morgan fingerprint density at radius 2 is 2.11 bits per heavy atom. The fourth-order valence-electron chi connectivity index (χ4n) is 2.19. The molecule has 1 heterocycles. The van der Waals surface area contributed by atoms with Crippen LogP contribution in [0.25, 0.3) is 0 Å². The highest BCUT2D eigenvalue weighted by atomic mass is 79.9. The minimum atomic E-state index is -0.316. The van der Waals surface area contributed by atoms with Gasteiger partial charge < -0.3 is 9.47 Å². The molecule has 3 nitrogen and oxygen atoms in total. The Hall–Kier alpha value is -1.03. The van der Waals surface area contributed by atoms with Crippen LogP contribution < -0.4 is 4.74 Å². The van der Waals surface area contributed by atoms with E-state index in [2.05, 4.69) is 42.8 Å². The fraction of sp³-hybridized carbons (Fsp3) is 0.500. The van der Waals surface area contributed by atoms with Crippen molar-refractivity contribution in [3.8, 4) is 5.75 Å². The second kappa shape index (κ2) is 4.57.